The fourth-order valence-corrected chi connectivity index (χ4v) is 10.8. The Morgan fingerprint density at radius 2 is 1.36 bits per heavy atom. The predicted octanol–water partition coefficient (Wildman–Crippen LogP) is 6.28. The molecule has 0 spiro atoms. The molecule has 4 fully saturated rings. The highest BCUT2D eigenvalue weighted by Crippen LogP contribution is 2.60. The number of hydrogen-bond donors (Lipinski definition) is 0. The molecule has 0 aliphatic heterocycles. The van der Waals surface area contributed by atoms with Crippen LogP contribution >= 0.6 is 0 Å². The third-order valence-electron chi connectivity index (χ3n) is 8.68. The molecule has 5 aliphatic rings. The maximum absolute atomic E-state index is 3.19. The molecular weight excluding hydrogens is 318 g/mol. The van der Waals surface area contributed by atoms with E-state index in [1.807, 2.05) is 0 Å². The fourth-order valence-electron chi connectivity index (χ4n) is 7.59. The number of nitrogens with zero attached hydrogens (tertiary/aromatic N) is 1. The van der Waals surface area contributed by atoms with Gasteiger partial charge in [0.15, 0.2) is 0 Å². The van der Waals surface area contributed by atoms with Gasteiger partial charge in [0.1, 0.15) is 8.96 Å². The van der Waals surface area contributed by atoms with Crippen molar-refractivity contribution in [2.75, 3.05) is 0 Å². The van der Waals surface area contributed by atoms with E-state index in [4.69, 9.17) is 0 Å². The van der Waals surface area contributed by atoms with Crippen LogP contribution in [0, 0.1) is 23.7 Å². The quantitative estimate of drug-likeness (QED) is 0.523. The summed E-state index contributed by atoms with van der Waals surface area (Å²) in [5, 5.41) is 0. The lowest BCUT2D eigenvalue weighted by Crippen LogP contribution is -2.63. The van der Waals surface area contributed by atoms with Crippen molar-refractivity contribution in [3.8, 4) is 0 Å². The largest absolute Gasteiger partial charge is 0.397 e. The topological polar surface area (TPSA) is 3.24 Å². The Kier molecular flexibility index (Phi) is 4.50. The lowest BCUT2D eigenvalue weighted by Gasteiger charge is -2.63. The average Bonchev–Trinajstić information content (AvgIpc) is 2.75. The van der Waals surface area contributed by atoms with E-state index in [2.05, 4.69) is 46.1 Å². The lowest BCUT2D eigenvalue weighted by atomic mass is 9.53. The monoisotopic (exact) mass is 357 g/mol. The van der Waals surface area contributed by atoms with Gasteiger partial charge < -0.3 is 4.57 Å². The summed E-state index contributed by atoms with van der Waals surface area (Å²) in [6.45, 7) is 14.7. The first-order valence-electron chi connectivity index (χ1n) is 11.1. The van der Waals surface area contributed by atoms with Gasteiger partial charge in [-0.15, -0.1) is 0 Å². The maximum atomic E-state index is 3.19. The fraction of sp³-hybridized carbons (Fsp3) is 0.826. The van der Waals surface area contributed by atoms with Crippen LogP contribution in [0.3, 0.4) is 0 Å². The van der Waals surface area contributed by atoms with Gasteiger partial charge in [0.2, 0.25) is 0 Å². The van der Waals surface area contributed by atoms with Crippen molar-refractivity contribution in [1.29, 1.82) is 0 Å². The Bertz CT molecular complexity index is 574. The van der Waals surface area contributed by atoms with Crippen LogP contribution < -0.4 is 0 Å². The smallest absolute Gasteiger partial charge is 0.140 e. The lowest BCUT2D eigenvalue weighted by molar-refractivity contribution is -0.0519. The summed E-state index contributed by atoms with van der Waals surface area (Å²) in [5.74, 6) is 3.79. The molecule has 0 amide bonds. The average molecular weight is 358 g/mol. The van der Waals surface area contributed by atoms with E-state index in [0.29, 0.717) is 11.5 Å². The summed E-state index contributed by atoms with van der Waals surface area (Å²) in [7, 11) is -0.901. The molecule has 0 radical (unpaired) electrons. The first-order chi connectivity index (χ1) is 11.9. The van der Waals surface area contributed by atoms with Crippen molar-refractivity contribution in [2.45, 2.75) is 97.7 Å². The van der Waals surface area contributed by atoms with Gasteiger partial charge in [0, 0.05) is 17.2 Å². The molecular formula is C23H39NSi. The van der Waals surface area contributed by atoms with Crippen molar-refractivity contribution < 1.29 is 0 Å². The van der Waals surface area contributed by atoms with Gasteiger partial charge in [-0.3, -0.25) is 0 Å². The second kappa shape index (κ2) is 6.29. The van der Waals surface area contributed by atoms with Crippen LogP contribution in [0.2, 0.25) is 12.1 Å². The Balaban J connectivity index is 1.78. The number of rotatable bonds is 5. The van der Waals surface area contributed by atoms with Crippen LogP contribution in [-0.2, 0) is 0 Å². The molecule has 1 nitrogen and oxygen atoms in total. The van der Waals surface area contributed by atoms with Gasteiger partial charge in [-0.25, -0.2) is 0 Å². The van der Waals surface area contributed by atoms with E-state index in [0.717, 1.165) is 17.8 Å². The standard InChI is InChI=1S/C23H39NSi/c1-7-25(8-2)24(22-17(5)15(3)16(4)18(22)6)23-12-19-9-20(13-23)11-21(10-19)14-23/h17,19-21,25H,7-14H2,1-6H3. The van der Waals surface area contributed by atoms with Crippen molar-refractivity contribution in [1.82, 2.24) is 4.57 Å². The summed E-state index contributed by atoms with van der Waals surface area (Å²) < 4.78 is 3.19. The van der Waals surface area contributed by atoms with Gasteiger partial charge in [0.25, 0.3) is 0 Å². The van der Waals surface area contributed by atoms with Crippen molar-refractivity contribution in [3.05, 3.63) is 22.4 Å². The van der Waals surface area contributed by atoms with Gasteiger partial charge in [-0.1, -0.05) is 26.3 Å². The van der Waals surface area contributed by atoms with Crippen LogP contribution in [0.25, 0.3) is 0 Å². The van der Waals surface area contributed by atoms with Crippen LogP contribution in [0.5, 0.6) is 0 Å². The van der Waals surface area contributed by atoms with E-state index < -0.39 is 8.96 Å². The molecule has 0 saturated heterocycles. The Morgan fingerprint density at radius 3 is 1.72 bits per heavy atom. The van der Waals surface area contributed by atoms with Gasteiger partial charge in [-0.05, 0) is 100 Å². The second-order valence-corrected chi connectivity index (χ2v) is 13.5. The molecule has 4 bridgehead atoms. The minimum atomic E-state index is -0.901. The Labute approximate surface area is 157 Å². The minimum Gasteiger partial charge on any atom is -0.397 e. The van der Waals surface area contributed by atoms with Crippen LogP contribution in [0.1, 0.15) is 80.1 Å². The van der Waals surface area contributed by atoms with E-state index >= 15 is 0 Å². The third kappa shape index (κ3) is 2.61. The second-order valence-electron chi connectivity index (χ2n) is 10.0. The van der Waals surface area contributed by atoms with Crippen molar-refractivity contribution in [3.63, 3.8) is 0 Å². The highest BCUT2D eigenvalue weighted by Gasteiger charge is 2.55. The van der Waals surface area contributed by atoms with Gasteiger partial charge >= 0.3 is 0 Å². The molecule has 0 aromatic carbocycles. The molecule has 0 aromatic heterocycles. The summed E-state index contributed by atoms with van der Waals surface area (Å²) in [6, 6.07) is 2.86. The molecule has 0 heterocycles. The zero-order chi connectivity index (χ0) is 17.9. The molecule has 0 aromatic rings. The Morgan fingerprint density at radius 1 is 0.880 bits per heavy atom. The zero-order valence-corrected chi connectivity index (χ0v) is 18.6. The molecule has 5 aliphatic carbocycles. The minimum absolute atomic E-state index is 0.549. The highest BCUT2D eigenvalue weighted by molar-refractivity contribution is 6.56. The van der Waals surface area contributed by atoms with Gasteiger partial charge in [0.05, 0.1) is 0 Å². The molecule has 5 rings (SSSR count). The summed E-state index contributed by atoms with van der Waals surface area (Å²) in [5.41, 5.74) is 7.20. The SMILES string of the molecule is CC[SiH](CC)N(C1=C(C)C(C)=C(C)C1C)C12CC3CC(CC(C3)C1)C2. The predicted molar refractivity (Wildman–Crippen MR) is 111 cm³/mol. The Hall–Kier alpha value is -0.503. The molecule has 1 unspecified atom stereocenters. The summed E-state index contributed by atoms with van der Waals surface area (Å²) in [4.78, 5) is 0. The first-order valence-corrected chi connectivity index (χ1v) is 13.2. The summed E-state index contributed by atoms with van der Waals surface area (Å²) >= 11 is 0. The zero-order valence-electron chi connectivity index (χ0n) is 17.5. The van der Waals surface area contributed by atoms with Crippen LogP contribution in [0.15, 0.2) is 22.4 Å². The van der Waals surface area contributed by atoms with E-state index in [-0.39, 0.29) is 0 Å². The molecule has 0 N–H and O–H groups in total. The number of hydrogen-bond acceptors (Lipinski definition) is 1. The van der Waals surface area contributed by atoms with Crippen LogP contribution in [0.4, 0.5) is 0 Å². The van der Waals surface area contributed by atoms with Crippen LogP contribution in [-0.4, -0.2) is 19.1 Å². The maximum Gasteiger partial charge on any atom is 0.140 e. The van der Waals surface area contributed by atoms with E-state index in [1.54, 1.807) is 41.7 Å². The summed E-state index contributed by atoms with van der Waals surface area (Å²) in [6.07, 6.45) is 9.22. The normalized spacial score (nSPS) is 40.0. The van der Waals surface area contributed by atoms with E-state index in [1.165, 1.54) is 31.4 Å². The van der Waals surface area contributed by atoms with E-state index in [9.17, 15) is 0 Å². The van der Waals surface area contributed by atoms with Crippen molar-refractivity contribution >= 4 is 8.96 Å². The highest BCUT2D eigenvalue weighted by atomic mass is 28.3. The molecule has 25 heavy (non-hydrogen) atoms. The number of allylic oxidation sites excluding steroid dienone is 3. The first kappa shape index (κ1) is 17.9. The molecule has 1 atom stereocenters. The van der Waals surface area contributed by atoms with Crippen molar-refractivity contribution in [2.24, 2.45) is 23.7 Å². The molecule has 140 valence electrons. The molecule has 2 heteroatoms. The molecule has 4 saturated carbocycles. The third-order valence-corrected chi connectivity index (χ3v) is 12.1. The van der Waals surface area contributed by atoms with Gasteiger partial charge in [-0.2, -0.15) is 0 Å².